The van der Waals surface area contributed by atoms with Crippen molar-refractivity contribution in [2.24, 2.45) is 0 Å². The van der Waals surface area contributed by atoms with Crippen LogP contribution in [-0.2, 0) is 6.42 Å². The summed E-state index contributed by atoms with van der Waals surface area (Å²) in [5, 5.41) is 10.4. The van der Waals surface area contributed by atoms with Crippen LogP contribution in [0.5, 0.6) is 0 Å². The highest BCUT2D eigenvalue weighted by Gasteiger charge is 2.30. The van der Waals surface area contributed by atoms with E-state index in [1.807, 2.05) is 36.0 Å². The molecule has 2 rings (SSSR count). The summed E-state index contributed by atoms with van der Waals surface area (Å²) in [5.41, 5.74) is 7.20. The lowest BCUT2D eigenvalue weighted by molar-refractivity contribution is 0.0531. The molecule has 3 N–H and O–H groups in total. The Morgan fingerprint density at radius 1 is 1.40 bits per heavy atom. The Hall–Kier alpha value is -0.670. The molecule has 0 aromatic heterocycles. The standard InChI is InChI=1S/C12H17NOS/c13-11-5-2-1-4-10(11)8-12(14)6-3-7-15-9-12/h1-2,4-5,14H,3,6-9,13H2. The molecule has 3 heteroatoms. The molecule has 0 radical (unpaired) electrons. The van der Waals surface area contributed by atoms with E-state index in [2.05, 4.69) is 0 Å². The lowest BCUT2D eigenvalue weighted by Crippen LogP contribution is -2.37. The summed E-state index contributed by atoms with van der Waals surface area (Å²) in [6, 6.07) is 7.81. The third kappa shape index (κ3) is 2.67. The van der Waals surface area contributed by atoms with E-state index in [1.54, 1.807) is 0 Å². The van der Waals surface area contributed by atoms with Gasteiger partial charge in [0.05, 0.1) is 5.60 Å². The summed E-state index contributed by atoms with van der Waals surface area (Å²) < 4.78 is 0. The number of anilines is 1. The summed E-state index contributed by atoms with van der Waals surface area (Å²) in [7, 11) is 0. The minimum Gasteiger partial charge on any atom is -0.399 e. The third-order valence-corrected chi connectivity index (χ3v) is 4.19. The smallest absolute Gasteiger partial charge is 0.0778 e. The largest absolute Gasteiger partial charge is 0.399 e. The number of thioether (sulfide) groups is 1. The molecule has 0 aliphatic carbocycles. The number of nitrogens with two attached hydrogens (primary N) is 1. The van der Waals surface area contributed by atoms with Gasteiger partial charge in [-0.2, -0.15) is 11.8 Å². The van der Waals surface area contributed by atoms with Gasteiger partial charge in [-0.1, -0.05) is 18.2 Å². The van der Waals surface area contributed by atoms with E-state index in [1.165, 1.54) is 5.75 Å². The van der Waals surface area contributed by atoms with Crippen LogP contribution in [0.3, 0.4) is 0 Å². The Labute approximate surface area is 94.9 Å². The molecule has 1 aromatic rings. The quantitative estimate of drug-likeness (QED) is 0.754. The molecule has 1 atom stereocenters. The highest BCUT2D eigenvalue weighted by atomic mass is 32.2. The average Bonchev–Trinajstić information content (AvgIpc) is 2.22. The third-order valence-electron chi connectivity index (χ3n) is 2.88. The van der Waals surface area contributed by atoms with Crippen molar-refractivity contribution >= 4 is 17.4 Å². The van der Waals surface area contributed by atoms with E-state index in [-0.39, 0.29) is 0 Å². The number of hydrogen-bond acceptors (Lipinski definition) is 3. The fourth-order valence-corrected chi connectivity index (χ4v) is 3.15. The molecule has 1 aliphatic rings. The van der Waals surface area contributed by atoms with E-state index < -0.39 is 5.60 Å². The number of para-hydroxylation sites is 1. The summed E-state index contributed by atoms with van der Waals surface area (Å²) >= 11 is 1.84. The molecule has 1 unspecified atom stereocenters. The van der Waals surface area contributed by atoms with Gasteiger partial charge in [0, 0.05) is 17.9 Å². The monoisotopic (exact) mass is 223 g/mol. The number of benzene rings is 1. The van der Waals surface area contributed by atoms with Crippen LogP contribution in [0.15, 0.2) is 24.3 Å². The summed E-state index contributed by atoms with van der Waals surface area (Å²) in [6.45, 7) is 0. The van der Waals surface area contributed by atoms with Crippen molar-refractivity contribution in [3.05, 3.63) is 29.8 Å². The van der Waals surface area contributed by atoms with Crippen molar-refractivity contribution in [3.8, 4) is 0 Å². The minimum atomic E-state index is -0.543. The van der Waals surface area contributed by atoms with Crippen LogP contribution in [0.1, 0.15) is 18.4 Å². The molecule has 82 valence electrons. The Kier molecular flexibility index (Phi) is 3.22. The molecule has 0 saturated carbocycles. The minimum absolute atomic E-state index is 0.543. The Morgan fingerprint density at radius 3 is 2.87 bits per heavy atom. The van der Waals surface area contributed by atoms with Crippen LogP contribution in [0, 0.1) is 0 Å². The van der Waals surface area contributed by atoms with Crippen LogP contribution >= 0.6 is 11.8 Å². The van der Waals surface area contributed by atoms with Crippen molar-refractivity contribution in [2.75, 3.05) is 17.2 Å². The van der Waals surface area contributed by atoms with Crippen LogP contribution < -0.4 is 5.73 Å². The first-order chi connectivity index (χ1) is 7.20. The second-order valence-electron chi connectivity index (χ2n) is 4.26. The van der Waals surface area contributed by atoms with Gasteiger partial charge in [-0.25, -0.2) is 0 Å². The zero-order chi connectivity index (χ0) is 10.7. The van der Waals surface area contributed by atoms with Crippen molar-refractivity contribution in [2.45, 2.75) is 24.9 Å². The molecule has 15 heavy (non-hydrogen) atoms. The van der Waals surface area contributed by atoms with Crippen LogP contribution in [0.4, 0.5) is 5.69 Å². The van der Waals surface area contributed by atoms with E-state index in [4.69, 9.17) is 5.73 Å². The Bertz CT molecular complexity index is 334. The predicted octanol–water partition coefficient (Wildman–Crippen LogP) is 2.07. The van der Waals surface area contributed by atoms with Gasteiger partial charge in [-0.05, 0) is 30.2 Å². The molecule has 1 fully saturated rings. The lowest BCUT2D eigenvalue weighted by Gasteiger charge is -2.32. The normalized spacial score (nSPS) is 26.5. The van der Waals surface area contributed by atoms with Crippen molar-refractivity contribution in [1.82, 2.24) is 0 Å². The second kappa shape index (κ2) is 4.45. The number of nitrogen functional groups attached to an aromatic ring is 1. The van der Waals surface area contributed by atoms with E-state index >= 15 is 0 Å². The van der Waals surface area contributed by atoms with Gasteiger partial charge in [-0.3, -0.25) is 0 Å². The molecule has 1 aromatic carbocycles. The summed E-state index contributed by atoms with van der Waals surface area (Å²) in [4.78, 5) is 0. The maximum atomic E-state index is 10.4. The van der Waals surface area contributed by atoms with Gasteiger partial charge in [0.1, 0.15) is 0 Å². The predicted molar refractivity (Wildman–Crippen MR) is 66.1 cm³/mol. The first kappa shape index (κ1) is 10.8. The molecule has 2 nitrogen and oxygen atoms in total. The van der Waals surface area contributed by atoms with Gasteiger partial charge in [0.2, 0.25) is 0 Å². The zero-order valence-electron chi connectivity index (χ0n) is 8.78. The Balaban J connectivity index is 2.10. The molecule has 0 amide bonds. The van der Waals surface area contributed by atoms with Crippen molar-refractivity contribution < 1.29 is 5.11 Å². The zero-order valence-corrected chi connectivity index (χ0v) is 9.59. The van der Waals surface area contributed by atoms with Crippen LogP contribution in [0.25, 0.3) is 0 Å². The van der Waals surface area contributed by atoms with Crippen LogP contribution in [-0.4, -0.2) is 22.2 Å². The molecule has 0 bridgehead atoms. The van der Waals surface area contributed by atoms with Gasteiger partial charge >= 0.3 is 0 Å². The van der Waals surface area contributed by atoms with Gasteiger partial charge in [0.25, 0.3) is 0 Å². The molecular formula is C12H17NOS. The van der Waals surface area contributed by atoms with E-state index in [0.717, 1.165) is 29.8 Å². The fourth-order valence-electron chi connectivity index (χ4n) is 2.03. The lowest BCUT2D eigenvalue weighted by atomic mass is 9.91. The number of rotatable bonds is 2. The van der Waals surface area contributed by atoms with Gasteiger partial charge in [0.15, 0.2) is 0 Å². The number of hydrogen-bond donors (Lipinski definition) is 2. The Morgan fingerprint density at radius 2 is 2.20 bits per heavy atom. The molecule has 1 heterocycles. The summed E-state index contributed by atoms with van der Waals surface area (Å²) in [5.74, 6) is 2.01. The van der Waals surface area contributed by atoms with E-state index in [0.29, 0.717) is 6.42 Å². The van der Waals surface area contributed by atoms with E-state index in [9.17, 15) is 5.11 Å². The first-order valence-corrected chi connectivity index (χ1v) is 6.49. The maximum Gasteiger partial charge on any atom is 0.0778 e. The summed E-state index contributed by atoms with van der Waals surface area (Å²) in [6.07, 6.45) is 2.69. The van der Waals surface area contributed by atoms with Crippen molar-refractivity contribution in [3.63, 3.8) is 0 Å². The second-order valence-corrected chi connectivity index (χ2v) is 5.36. The van der Waals surface area contributed by atoms with Gasteiger partial charge < -0.3 is 10.8 Å². The highest BCUT2D eigenvalue weighted by Crippen LogP contribution is 2.30. The fraction of sp³-hybridized carbons (Fsp3) is 0.500. The molecule has 0 spiro atoms. The molecule has 1 saturated heterocycles. The maximum absolute atomic E-state index is 10.4. The SMILES string of the molecule is Nc1ccccc1CC1(O)CCCSC1. The highest BCUT2D eigenvalue weighted by molar-refractivity contribution is 7.99. The van der Waals surface area contributed by atoms with Crippen molar-refractivity contribution in [1.29, 1.82) is 0 Å². The average molecular weight is 223 g/mol. The molecule has 1 aliphatic heterocycles. The topological polar surface area (TPSA) is 46.2 Å². The first-order valence-electron chi connectivity index (χ1n) is 5.33. The molecular weight excluding hydrogens is 206 g/mol. The van der Waals surface area contributed by atoms with Gasteiger partial charge in [-0.15, -0.1) is 0 Å². The number of aliphatic hydroxyl groups is 1. The van der Waals surface area contributed by atoms with Crippen LogP contribution in [0.2, 0.25) is 0 Å².